The molecular formula is C16H20N4O2. The Kier molecular flexibility index (Phi) is 5.71. The summed E-state index contributed by atoms with van der Waals surface area (Å²) in [5.74, 6) is 0.635. The largest absolute Gasteiger partial charge is 0.481 e. The summed E-state index contributed by atoms with van der Waals surface area (Å²) < 4.78 is 4.98. The number of carbonyl (C=O) groups excluding carboxylic acids is 1. The molecule has 116 valence electrons. The smallest absolute Gasteiger partial charge is 0.245 e. The van der Waals surface area contributed by atoms with Crippen molar-refractivity contribution in [1.82, 2.24) is 15.4 Å². The van der Waals surface area contributed by atoms with Crippen LogP contribution in [0.5, 0.6) is 5.88 Å². The van der Waals surface area contributed by atoms with E-state index >= 15 is 0 Å². The first-order chi connectivity index (χ1) is 10.7. The number of aryl methyl sites for hydroxylation is 2. The van der Waals surface area contributed by atoms with Gasteiger partial charge in [0.05, 0.1) is 7.11 Å². The van der Waals surface area contributed by atoms with Gasteiger partial charge in [-0.25, -0.2) is 4.98 Å². The summed E-state index contributed by atoms with van der Waals surface area (Å²) in [6.45, 7) is 2.06. The third kappa shape index (κ3) is 5.05. The maximum absolute atomic E-state index is 11.8. The van der Waals surface area contributed by atoms with Crippen molar-refractivity contribution in [3.05, 3.63) is 47.7 Å². The number of carbonyl (C=O) groups is 1. The molecule has 2 rings (SSSR count). The van der Waals surface area contributed by atoms with Crippen LogP contribution in [0.25, 0.3) is 0 Å². The van der Waals surface area contributed by atoms with Crippen molar-refractivity contribution in [3.8, 4) is 5.88 Å². The minimum Gasteiger partial charge on any atom is -0.481 e. The number of methoxy groups -OCH3 is 1. The topological polar surface area (TPSA) is 76.1 Å². The van der Waals surface area contributed by atoms with Crippen LogP contribution in [0.2, 0.25) is 0 Å². The first kappa shape index (κ1) is 15.8. The molecular weight excluding hydrogens is 280 g/mol. The molecule has 6 nitrogen and oxygen atoms in total. The van der Waals surface area contributed by atoms with Gasteiger partial charge in [0.2, 0.25) is 17.7 Å². The summed E-state index contributed by atoms with van der Waals surface area (Å²) in [5, 5.41) is 0. The monoisotopic (exact) mass is 300 g/mol. The lowest BCUT2D eigenvalue weighted by molar-refractivity contribution is -0.120. The number of amides is 1. The van der Waals surface area contributed by atoms with E-state index in [1.165, 1.54) is 18.2 Å². The number of rotatable bonds is 7. The van der Waals surface area contributed by atoms with Crippen LogP contribution in [0.4, 0.5) is 5.95 Å². The van der Waals surface area contributed by atoms with Gasteiger partial charge in [0.25, 0.3) is 0 Å². The van der Waals surface area contributed by atoms with E-state index in [2.05, 4.69) is 52.0 Å². The van der Waals surface area contributed by atoms with E-state index < -0.39 is 0 Å². The number of hydrazine groups is 1. The van der Waals surface area contributed by atoms with E-state index in [-0.39, 0.29) is 5.91 Å². The molecule has 0 aliphatic carbocycles. The fourth-order valence-electron chi connectivity index (χ4n) is 1.91. The molecule has 2 aromatic rings. The van der Waals surface area contributed by atoms with Crippen LogP contribution >= 0.6 is 0 Å². The Morgan fingerprint density at radius 1 is 1.23 bits per heavy atom. The molecule has 0 atom stereocenters. The van der Waals surface area contributed by atoms with Crippen LogP contribution in [0, 0.1) is 6.92 Å². The third-order valence-corrected chi connectivity index (χ3v) is 3.14. The highest BCUT2D eigenvalue weighted by molar-refractivity contribution is 5.76. The van der Waals surface area contributed by atoms with E-state index in [1.54, 1.807) is 12.3 Å². The number of anilines is 1. The molecule has 0 aliphatic rings. The van der Waals surface area contributed by atoms with Gasteiger partial charge in [-0.3, -0.25) is 15.6 Å². The molecule has 2 N–H and O–H groups in total. The molecule has 1 aromatic carbocycles. The lowest BCUT2D eigenvalue weighted by Gasteiger charge is -2.07. The number of aromatic nitrogens is 2. The fraction of sp³-hybridized carbons (Fsp3) is 0.312. The van der Waals surface area contributed by atoms with E-state index in [0.717, 1.165) is 12.8 Å². The van der Waals surface area contributed by atoms with E-state index in [1.807, 2.05) is 0 Å². The van der Waals surface area contributed by atoms with Gasteiger partial charge in [-0.1, -0.05) is 29.8 Å². The standard InChI is InChI=1S/C16H20N4O2/c1-12-6-8-13(9-7-12)4-3-5-14(21)19-20-16-17-11-10-15(18-16)22-2/h6-11H,3-5H2,1-2H3,(H,19,21)(H,17,18,20). The van der Waals surface area contributed by atoms with Gasteiger partial charge in [0.1, 0.15) is 0 Å². The van der Waals surface area contributed by atoms with E-state index in [0.29, 0.717) is 18.2 Å². The van der Waals surface area contributed by atoms with Crippen LogP contribution < -0.4 is 15.6 Å². The average Bonchev–Trinajstić information content (AvgIpc) is 2.55. The molecule has 1 heterocycles. The second-order valence-corrected chi connectivity index (χ2v) is 4.93. The van der Waals surface area contributed by atoms with Crippen molar-refractivity contribution in [1.29, 1.82) is 0 Å². The number of nitrogens with one attached hydrogen (secondary N) is 2. The second-order valence-electron chi connectivity index (χ2n) is 4.93. The summed E-state index contributed by atoms with van der Waals surface area (Å²) >= 11 is 0. The molecule has 0 unspecified atom stereocenters. The van der Waals surface area contributed by atoms with Gasteiger partial charge in [-0.15, -0.1) is 0 Å². The highest BCUT2D eigenvalue weighted by Gasteiger charge is 2.03. The van der Waals surface area contributed by atoms with Crippen molar-refractivity contribution in [2.45, 2.75) is 26.2 Å². The van der Waals surface area contributed by atoms with Crippen molar-refractivity contribution in [2.75, 3.05) is 12.5 Å². The number of hydrogen-bond donors (Lipinski definition) is 2. The van der Waals surface area contributed by atoms with Crippen molar-refractivity contribution < 1.29 is 9.53 Å². The average molecular weight is 300 g/mol. The maximum atomic E-state index is 11.8. The molecule has 0 bridgehead atoms. The first-order valence-corrected chi connectivity index (χ1v) is 7.15. The van der Waals surface area contributed by atoms with Crippen LogP contribution in [0.1, 0.15) is 24.0 Å². The molecule has 1 amide bonds. The SMILES string of the molecule is COc1ccnc(NNC(=O)CCCc2ccc(C)cc2)n1. The van der Waals surface area contributed by atoms with Crippen molar-refractivity contribution >= 4 is 11.9 Å². The summed E-state index contributed by atoms with van der Waals surface area (Å²) in [4.78, 5) is 19.8. The van der Waals surface area contributed by atoms with Gasteiger partial charge >= 0.3 is 0 Å². The fourth-order valence-corrected chi connectivity index (χ4v) is 1.91. The number of ether oxygens (including phenoxy) is 1. The van der Waals surface area contributed by atoms with Crippen LogP contribution in [0.15, 0.2) is 36.5 Å². The molecule has 0 aliphatic heterocycles. The Balaban J connectivity index is 1.70. The van der Waals surface area contributed by atoms with Gasteiger partial charge in [-0.2, -0.15) is 4.98 Å². The molecule has 0 fully saturated rings. The van der Waals surface area contributed by atoms with Crippen LogP contribution in [0.3, 0.4) is 0 Å². The van der Waals surface area contributed by atoms with E-state index in [4.69, 9.17) is 4.74 Å². The normalized spacial score (nSPS) is 10.1. The third-order valence-electron chi connectivity index (χ3n) is 3.14. The number of benzene rings is 1. The predicted octanol–water partition coefficient (Wildman–Crippen LogP) is 2.26. The Bertz CT molecular complexity index is 614. The Hall–Kier alpha value is -2.63. The molecule has 0 saturated carbocycles. The molecule has 0 saturated heterocycles. The van der Waals surface area contributed by atoms with Crippen molar-refractivity contribution in [3.63, 3.8) is 0 Å². The van der Waals surface area contributed by atoms with Gasteiger partial charge in [-0.05, 0) is 25.3 Å². The van der Waals surface area contributed by atoms with Gasteiger partial charge < -0.3 is 4.74 Å². The highest BCUT2D eigenvalue weighted by Crippen LogP contribution is 2.08. The summed E-state index contributed by atoms with van der Waals surface area (Å²) in [6.07, 6.45) is 3.65. The number of hydrogen-bond acceptors (Lipinski definition) is 5. The van der Waals surface area contributed by atoms with Gasteiger partial charge in [0.15, 0.2) is 0 Å². The minimum atomic E-state index is -0.0986. The minimum absolute atomic E-state index is 0.0986. The Labute approximate surface area is 129 Å². The summed E-state index contributed by atoms with van der Waals surface area (Å²) in [5.41, 5.74) is 7.73. The Morgan fingerprint density at radius 2 is 2.00 bits per heavy atom. The quantitative estimate of drug-likeness (QED) is 0.767. The Morgan fingerprint density at radius 3 is 2.73 bits per heavy atom. The first-order valence-electron chi connectivity index (χ1n) is 7.15. The zero-order chi connectivity index (χ0) is 15.8. The molecule has 0 spiro atoms. The van der Waals surface area contributed by atoms with Crippen LogP contribution in [-0.2, 0) is 11.2 Å². The van der Waals surface area contributed by atoms with Crippen LogP contribution in [-0.4, -0.2) is 23.0 Å². The summed E-state index contributed by atoms with van der Waals surface area (Å²) in [7, 11) is 1.52. The zero-order valence-electron chi connectivity index (χ0n) is 12.8. The highest BCUT2D eigenvalue weighted by atomic mass is 16.5. The molecule has 0 radical (unpaired) electrons. The molecule has 1 aromatic heterocycles. The van der Waals surface area contributed by atoms with E-state index in [9.17, 15) is 4.79 Å². The molecule has 6 heteroatoms. The number of nitrogens with zero attached hydrogens (tertiary/aromatic N) is 2. The van der Waals surface area contributed by atoms with Gasteiger partial charge in [0, 0.05) is 18.7 Å². The predicted molar refractivity (Wildman–Crippen MR) is 84.5 cm³/mol. The van der Waals surface area contributed by atoms with Crippen molar-refractivity contribution in [2.24, 2.45) is 0 Å². The lowest BCUT2D eigenvalue weighted by atomic mass is 10.1. The zero-order valence-corrected chi connectivity index (χ0v) is 12.8. The summed E-state index contributed by atoms with van der Waals surface area (Å²) in [6, 6.07) is 9.98. The molecule has 22 heavy (non-hydrogen) atoms. The second kappa shape index (κ2) is 7.97. The maximum Gasteiger partial charge on any atom is 0.245 e. The lowest BCUT2D eigenvalue weighted by Crippen LogP contribution is -2.30.